The summed E-state index contributed by atoms with van der Waals surface area (Å²) in [6.45, 7) is 4.89. The summed E-state index contributed by atoms with van der Waals surface area (Å²) in [5.41, 5.74) is 6.81. The lowest BCUT2D eigenvalue weighted by atomic mass is 10.1. The van der Waals surface area contributed by atoms with E-state index in [9.17, 15) is 9.59 Å². The van der Waals surface area contributed by atoms with Crippen molar-refractivity contribution in [2.75, 3.05) is 39.0 Å². The summed E-state index contributed by atoms with van der Waals surface area (Å²) in [5, 5.41) is 6.14. The van der Waals surface area contributed by atoms with Crippen molar-refractivity contribution in [2.45, 2.75) is 13.8 Å². The zero-order chi connectivity index (χ0) is 15.3. The van der Waals surface area contributed by atoms with Gasteiger partial charge in [0.1, 0.15) is 5.00 Å². The van der Waals surface area contributed by atoms with Gasteiger partial charge in [0.15, 0.2) is 0 Å². The molecule has 1 aromatic heterocycles. The van der Waals surface area contributed by atoms with Crippen molar-refractivity contribution in [3.05, 3.63) is 16.0 Å². The molecule has 20 heavy (non-hydrogen) atoms. The number of nitrogens with two attached hydrogens (primary N) is 1. The van der Waals surface area contributed by atoms with Crippen molar-refractivity contribution >= 4 is 28.2 Å². The lowest BCUT2D eigenvalue weighted by Gasteiger charge is -2.11. The SMILES string of the molecule is Cc1sc(NC(=O)CN(C)C)c(C(=O)NCCN)c1C. The lowest BCUT2D eigenvalue weighted by Crippen LogP contribution is -2.31. The van der Waals surface area contributed by atoms with Crippen molar-refractivity contribution in [1.82, 2.24) is 10.2 Å². The highest BCUT2D eigenvalue weighted by molar-refractivity contribution is 7.16. The second kappa shape index (κ2) is 7.37. The van der Waals surface area contributed by atoms with Gasteiger partial charge in [0.2, 0.25) is 5.91 Å². The van der Waals surface area contributed by atoms with E-state index in [-0.39, 0.29) is 18.4 Å². The molecule has 0 saturated heterocycles. The van der Waals surface area contributed by atoms with Crippen molar-refractivity contribution in [3.8, 4) is 0 Å². The average Bonchev–Trinajstić information content (AvgIpc) is 2.60. The van der Waals surface area contributed by atoms with E-state index < -0.39 is 0 Å². The van der Waals surface area contributed by atoms with E-state index in [0.29, 0.717) is 23.7 Å². The molecule has 6 nitrogen and oxygen atoms in total. The molecule has 0 bridgehead atoms. The topological polar surface area (TPSA) is 87.5 Å². The van der Waals surface area contributed by atoms with Gasteiger partial charge < -0.3 is 21.3 Å². The Kier molecular flexibility index (Phi) is 6.12. The van der Waals surface area contributed by atoms with E-state index in [1.54, 1.807) is 4.90 Å². The maximum Gasteiger partial charge on any atom is 0.254 e. The molecule has 0 saturated carbocycles. The van der Waals surface area contributed by atoms with Crippen LogP contribution in [-0.2, 0) is 4.79 Å². The summed E-state index contributed by atoms with van der Waals surface area (Å²) in [6.07, 6.45) is 0. The Morgan fingerprint density at radius 1 is 1.30 bits per heavy atom. The Balaban J connectivity index is 2.93. The van der Waals surface area contributed by atoms with Crippen LogP contribution >= 0.6 is 11.3 Å². The first-order valence-electron chi connectivity index (χ1n) is 6.39. The predicted octanol–water partition coefficient (Wildman–Crippen LogP) is 0.554. The number of anilines is 1. The van der Waals surface area contributed by atoms with Gasteiger partial charge in [0.25, 0.3) is 5.91 Å². The number of rotatable bonds is 6. The number of carbonyl (C=O) groups excluding carboxylic acids is 2. The summed E-state index contributed by atoms with van der Waals surface area (Å²) < 4.78 is 0. The summed E-state index contributed by atoms with van der Waals surface area (Å²) in [4.78, 5) is 26.8. The van der Waals surface area contributed by atoms with E-state index in [4.69, 9.17) is 5.73 Å². The smallest absolute Gasteiger partial charge is 0.254 e. The first kappa shape index (κ1) is 16.6. The molecule has 7 heteroatoms. The van der Waals surface area contributed by atoms with Crippen molar-refractivity contribution in [2.24, 2.45) is 5.73 Å². The number of hydrogen-bond acceptors (Lipinski definition) is 5. The summed E-state index contributed by atoms with van der Waals surface area (Å²) >= 11 is 1.42. The van der Waals surface area contributed by atoms with Crippen molar-refractivity contribution in [1.29, 1.82) is 0 Å². The molecule has 112 valence electrons. The van der Waals surface area contributed by atoms with Gasteiger partial charge in [0.05, 0.1) is 12.1 Å². The van der Waals surface area contributed by atoms with Crippen LogP contribution in [0.4, 0.5) is 5.00 Å². The minimum absolute atomic E-state index is 0.135. The average molecular weight is 298 g/mol. The highest BCUT2D eigenvalue weighted by Crippen LogP contribution is 2.32. The number of hydrogen-bond donors (Lipinski definition) is 3. The zero-order valence-corrected chi connectivity index (χ0v) is 13.2. The number of amides is 2. The summed E-state index contributed by atoms with van der Waals surface area (Å²) in [7, 11) is 3.64. The largest absolute Gasteiger partial charge is 0.351 e. The van der Waals surface area contributed by atoms with Crippen LogP contribution in [0.5, 0.6) is 0 Å². The molecule has 0 radical (unpaired) electrons. The molecule has 0 aliphatic heterocycles. The maximum absolute atomic E-state index is 12.1. The third kappa shape index (κ3) is 4.29. The molecule has 2 amide bonds. The number of aryl methyl sites for hydroxylation is 1. The summed E-state index contributed by atoms with van der Waals surface area (Å²) in [5.74, 6) is -0.332. The molecular formula is C13H22N4O2S. The predicted molar refractivity (Wildman–Crippen MR) is 82.4 cm³/mol. The van der Waals surface area contributed by atoms with Gasteiger partial charge in [-0.15, -0.1) is 11.3 Å². The van der Waals surface area contributed by atoms with E-state index in [0.717, 1.165) is 10.4 Å². The normalized spacial score (nSPS) is 10.7. The Morgan fingerprint density at radius 3 is 2.50 bits per heavy atom. The third-order valence-electron chi connectivity index (χ3n) is 2.76. The van der Waals surface area contributed by atoms with E-state index in [1.807, 2.05) is 27.9 Å². The first-order chi connectivity index (χ1) is 9.36. The quantitative estimate of drug-likeness (QED) is 0.716. The van der Waals surface area contributed by atoms with Crippen LogP contribution in [0.3, 0.4) is 0 Å². The Labute approximate surface area is 123 Å². The molecule has 1 rings (SSSR count). The molecule has 0 aliphatic rings. The van der Waals surface area contributed by atoms with Crippen LogP contribution in [-0.4, -0.2) is 50.4 Å². The van der Waals surface area contributed by atoms with Gasteiger partial charge in [-0.05, 0) is 33.5 Å². The summed E-state index contributed by atoms with van der Waals surface area (Å²) in [6, 6.07) is 0. The van der Waals surface area contributed by atoms with Crippen molar-refractivity contribution in [3.63, 3.8) is 0 Å². The van der Waals surface area contributed by atoms with Gasteiger partial charge in [-0.1, -0.05) is 0 Å². The zero-order valence-electron chi connectivity index (χ0n) is 12.4. The monoisotopic (exact) mass is 298 g/mol. The van der Waals surface area contributed by atoms with E-state index in [1.165, 1.54) is 11.3 Å². The second-order valence-corrected chi connectivity index (χ2v) is 6.04. The molecule has 1 aromatic rings. The van der Waals surface area contributed by atoms with Crippen LogP contribution < -0.4 is 16.4 Å². The van der Waals surface area contributed by atoms with Crippen molar-refractivity contribution < 1.29 is 9.59 Å². The number of nitrogens with one attached hydrogen (secondary N) is 2. The molecule has 0 atom stereocenters. The molecule has 4 N–H and O–H groups in total. The molecule has 0 aliphatic carbocycles. The number of carbonyl (C=O) groups is 2. The standard InChI is InChI=1S/C13H22N4O2S/c1-8-9(2)20-13(16-10(18)7-17(3)4)11(8)12(19)15-6-5-14/h5-7,14H2,1-4H3,(H,15,19)(H,16,18). The van der Waals surface area contributed by atoms with Gasteiger partial charge >= 0.3 is 0 Å². The van der Waals surface area contributed by atoms with Gasteiger partial charge in [-0.3, -0.25) is 9.59 Å². The van der Waals surface area contributed by atoms with Crippen LogP contribution in [0, 0.1) is 13.8 Å². The fourth-order valence-electron chi connectivity index (χ4n) is 1.72. The van der Waals surface area contributed by atoms with Crippen LogP contribution in [0.2, 0.25) is 0 Å². The Hall–Kier alpha value is -1.44. The molecule has 0 aromatic carbocycles. The highest BCUT2D eigenvalue weighted by atomic mass is 32.1. The third-order valence-corrected chi connectivity index (χ3v) is 3.88. The fourth-order valence-corrected chi connectivity index (χ4v) is 2.79. The Bertz CT molecular complexity index is 497. The van der Waals surface area contributed by atoms with Gasteiger partial charge in [-0.25, -0.2) is 0 Å². The van der Waals surface area contributed by atoms with E-state index in [2.05, 4.69) is 10.6 Å². The minimum Gasteiger partial charge on any atom is -0.351 e. The second-order valence-electron chi connectivity index (χ2n) is 4.82. The van der Waals surface area contributed by atoms with Gasteiger partial charge in [-0.2, -0.15) is 0 Å². The van der Waals surface area contributed by atoms with Gasteiger partial charge in [0, 0.05) is 18.0 Å². The first-order valence-corrected chi connectivity index (χ1v) is 7.21. The molecule has 0 fully saturated rings. The fraction of sp³-hybridized carbons (Fsp3) is 0.538. The highest BCUT2D eigenvalue weighted by Gasteiger charge is 2.20. The number of likely N-dealkylation sites (N-methyl/N-ethyl adjacent to an activating group) is 1. The van der Waals surface area contributed by atoms with Crippen LogP contribution in [0.1, 0.15) is 20.8 Å². The lowest BCUT2D eigenvalue weighted by molar-refractivity contribution is -0.116. The number of nitrogens with zero attached hydrogens (tertiary/aromatic N) is 1. The minimum atomic E-state index is -0.197. The Morgan fingerprint density at radius 2 is 1.95 bits per heavy atom. The van der Waals surface area contributed by atoms with Crippen LogP contribution in [0.15, 0.2) is 0 Å². The molecule has 0 spiro atoms. The number of thiophene rings is 1. The van der Waals surface area contributed by atoms with E-state index >= 15 is 0 Å². The molecular weight excluding hydrogens is 276 g/mol. The molecule has 1 heterocycles. The van der Waals surface area contributed by atoms with Crippen LogP contribution in [0.25, 0.3) is 0 Å². The maximum atomic E-state index is 12.1. The molecule has 0 unspecified atom stereocenters.